The van der Waals surface area contributed by atoms with E-state index in [9.17, 15) is 14.4 Å². The van der Waals surface area contributed by atoms with Gasteiger partial charge in [0.1, 0.15) is 5.41 Å². The van der Waals surface area contributed by atoms with Gasteiger partial charge in [-0.3, -0.25) is 9.59 Å². The van der Waals surface area contributed by atoms with Crippen molar-refractivity contribution in [2.75, 3.05) is 18.5 Å². The Morgan fingerprint density at radius 3 is 2.17 bits per heavy atom. The van der Waals surface area contributed by atoms with Crippen molar-refractivity contribution < 1.29 is 19.1 Å². The van der Waals surface area contributed by atoms with Crippen molar-refractivity contribution in [3.63, 3.8) is 0 Å². The summed E-state index contributed by atoms with van der Waals surface area (Å²) in [6, 6.07) is 6.34. The van der Waals surface area contributed by atoms with E-state index in [1.54, 1.807) is 45.0 Å². The molecule has 0 atom stereocenters. The Balaban J connectivity index is 2.73. The molecule has 0 radical (unpaired) electrons. The van der Waals surface area contributed by atoms with Crippen LogP contribution in [0.4, 0.5) is 5.69 Å². The van der Waals surface area contributed by atoms with Crippen molar-refractivity contribution in [3.8, 4) is 0 Å². The molecule has 0 heterocycles. The molecule has 0 fully saturated rings. The highest BCUT2D eigenvalue weighted by Crippen LogP contribution is 2.19. The summed E-state index contributed by atoms with van der Waals surface area (Å²) in [5.41, 5.74) is -0.265. The van der Waals surface area contributed by atoms with E-state index in [1.165, 1.54) is 0 Å². The number of esters is 1. The summed E-state index contributed by atoms with van der Waals surface area (Å²) >= 11 is 0. The summed E-state index contributed by atoms with van der Waals surface area (Å²) in [6.45, 7) is 7.65. The molecule has 1 aromatic carbocycles. The minimum Gasteiger partial charge on any atom is -0.462 e. The molecule has 126 valence electrons. The normalized spacial score (nSPS) is 10.8. The lowest BCUT2D eigenvalue weighted by Gasteiger charge is -2.22. The molecule has 0 bridgehead atoms. The van der Waals surface area contributed by atoms with Crippen LogP contribution in [0.1, 0.15) is 44.5 Å². The quantitative estimate of drug-likeness (QED) is 0.596. The molecule has 0 aromatic heterocycles. The Morgan fingerprint density at radius 1 is 1.04 bits per heavy atom. The summed E-state index contributed by atoms with van der Waals surface area (Å²) in [6.07, 6.45) is 0.804. The molecule has 0 unspecified atom stereocenters. The van der Waals surface area contributed by atoms with Gasteiger partial charge in [0, 0.05) is 12.2 Å². The van der Waals surface area contributed by atoms with Gasteiger partial charge in [0.15, 0.2) is 0 Å². The van der Waals surface area contributed by atoms with Crippen LogP contribution in [0, 0.1) is 5.41 Å². The van der Waals surface area contributed by atoms with Gasteiger partial charge in [-0.15, -0.1) is 0 Å². The number of ether oxygens (including phenoxy) is 1. The van der Waals surface area contributed by atoms with E-state index in [4.69, 9.17) is 4.74 Å². The highest BCUT2D eigenvalue weighted by Gasteiger charge is 2.35. The van der Waals surface area contributed by atoms with Crippen molar-refractivity contribution in [2.24, 2.45) is 5.41 Å². The van der Waals surface area contributed by atoms with Crippen LogP contribution in [0.25, 0.3) is 0 Å². The van der Waals surface area contributed by atoms with Gasteiger partial charge >= 0.3 is 5.97 Å². The Labute approximate surface area is 136 Å². The highest BCUT2D eigenvalue weighted by atomic mass is 16.5. The van der Waals surface area contributed by atoms with Gasteiger partial charge < -0.3 is 15.4 Å². The summed E-state index contributed by atoms with van der Waals surface area (Å²) in [5.74, 6) is -1.14. The van der Waals surface area contributed by atoms with Crippen LogP contribution in [0.15, 0.2) is 24.3 Å². The van der Waals surface area contributed by atoms with Crippen LogP contribution < -0.4 is 10.6 Å². The minimum atomic E-state index is -1.19. The number of amides is 2. The lowest BCUT2D eigenvalue weighted by molar-refractivity contribution is -0.138. The smallest absolute Gasteiger partial charge is 0.338 e. The number of carbonyl (C=O) groups is 3. The first-order valence-electron chi connectivity index (χ1n) is 7.69. The standard InChI is InChI=1S/C17H24N2O4/c1-5-11-18-15(21)17(3,4)16(22)19-13-9-7-12(8-10-13)14(20)23-6-2/h7-10H,5-6,11H2,1-4H3,(H,18,21)(H,19,22). The van der Waals surface area contributed by atoms with Crippen molar-refractivity contribution >= 4 is 23.5 Å². The fraction of sp³-hybridized carbons (Fsp3) is 0.471. The third-order valence-electron chi connectivity index (χ3n) is 3.32. The van der Waals surface area contributed by atoms with E-state index < -0.39 is 17.3 Å². The maximum absolute atomic E-state index is 12.3. The average molecular weight is 320 g/mol. The number of hydrogen-bond acceptors (Lipinski definition) is 4. The molecule has 0 saturated heterocycles. The summed E-state index contributed by atoms with van der Waals surface area (Å²) in [4.78, 5) is 35.9. The zero-order valence-corrected chi connectivity index (χ0v) is 14.1. The maximum Gasteiger partial charge on any atom is 0.338 e. The monoisotopic (exact) mass is 320 g/mol. The number of carbonyl (C=O) groups excluding carboxylic acids is 3. The first-order chi connectivity index (χ1) is 10.8. The van der Waals surface area contributed by atoms with Gasteiger partial charge in [-0.05, 0) is 51.5 Å². The molecule has 0 saturated carbocycles. The van der Waals surface area contributed by atoms with Crippen LogP contribution >= 0.6 is 0 Å². The molecule has 23 heavy (non-hydrogen) atoms. The first kappa shape index (κ1) is 18.7. The fourth-order valence-electron chi connectivity index (χ4n) is 1.75. The lowest BCUT2D eigenvalue weighted by Crippen LogP contribution is -2.45. The third kappa shape index (κ3) is 5.09. The van der Waals surface area contributed by atoms with Gasteiger partial charge in [-0.2, -0.15) is 0 Å². The van der Waals surface area contributed by atoms with E-state index in [0.29, 0.717) is 24.4 Å². The SMILES string of the molecule is CCCNC(=O)C(C)(C)C(=O)Nc1ccc(C(=O)OCC)cc1. The van der Waals surface area contributed by atoms with Crippen molar-refractivity contribution in [1.29, 1.82) is 0 Å². The predicted octanol–water partition coefficient (Wildman–Crippen LogP) is 2.35. The highest BCUT2D eigenvalue weighted by molar-refractivity contribution is 6.09. The second kappa shape index (κ2) is 8.31. The molecular weight excluding hydrogens is 296 g/mol. The second-order valence-electron chi connectivity index (χ2n) is 5.63. The summed E-state index contributed by atoms with van der Waals surface area (Å²) in [7, 11) is 0. The largest absolute Gasteiger partial charge is 0.462 e. The molecule has 0 spiro atoms. The van der Waals surface area contributed by atoms with Gasteiger partial charge in [0.25, 0.3) is 0 Å². The van der Waals surface area contributed by atoms with Crippen molar-refractivity contribution in [2.45, 2.75) is 34.1 Å². The number of anilines is 1. The summed E-state index contributed by atoms with van der Waals surface area (Å²) in [5, 5.41) is 5.40. The number of benzene rings is 1. The maximum atomic E-state index is 12.3. The Hall–Kier alpha value is -2.37. The van der Waals surface area contributed by atoms with E-state index >= 15 is 0 Å². The lowest BCUT2D eigenvalue weighted by atomic mass is 9.91. The molecule has 2 amide bonds. The number of nitrogens with one attached hydrogen (secondary N) is 2. The minimum absolute atomic E-state index is 0.304. The molecule has 1 rings (SSSR count). The van der Waals surface area contributed by atoms with Crippen molar-refractivity contribution in [3.05, 3.63) is 29.8 Å². The van der Waals surface area contributed by atoms with Crippen LogP contribution in [0.5, 0.6) is 0 Å². The first-order valence-corrected chi connectivity index (χ1v) is 7.69. The molecule has 0 aliphatic carbocycles. The van der Waals surface area contributed by atoms with Crippen LogP contribution in [0.3, 0.4) is 0 Å². The van der Waals surface area contributed by atoms with E-state index in [1.807, 2.05) is 6.92 Å². The molecule has 0 aliphatic rings. The zero-order chi connectivity index (χ0) is 17.5. The molecule has 1 aromatic rings. The molecule has 6 nitrogen and oxygen atoms in total. The Kier molecular flexibility index (Phi) is 6.75. The molecule has 2 N–H and O–H groups in total. The van der Waals surface area contributed by atoms with Gasteiger partial charge in [0.05, 0.1) is 12.2 Å². The molecular formula is C17H24N2O4. The zero-order valence-electron chi connectivity index (χ0n) is 14.1. The van der Waals surface area contributed by atoms with Crippen molar-refractivity contribution in [1.82, 2.24) is 5.32 Å². The Morgan fingerprint density at radius 2 is 1.65 bits per heavy atom. The number of rotatable bonds is 7. The summed E-state index contributed by atoms with van der Waals surface area (Å²) < 4.78 is 4.89. The fourth-order valence-corrected chi connectivity index (χ4v) is 1.75. The van der Waals surface area contributed by atoms with Crippen LogP contribution in [0.2, 0.25) is 0 Å². The Bertz CT molecular complexity index is 564. The van der Waals surface area contributed by atoms with E-state index in [2.05, 4.69) is 10.6 Å². The second-order valence-corrected chi connectivity index (χ2v) is 5.63. The van der Waals surface area contributed by atoms with Gasteiger partial charge in [0.2, 0.25) is 11.8 Å². The number of hydrogen-bond donors (Lipinski definition) is 2. The van der Waals surface area contributed by atoms with E-state index in [-0.39, 0.29) is 5.91 Å². The van der Waals surface area contributed by atoms with Crippen LogP contribution in [-0.2, 0) is 14.3 Å². The average Bonchev–Trinajstić information content (AvgIpc) is 2.53. The predicted molar refractivity (Wildman–Crippen MR) is 88.1 cm³/mol. The van der Waals surface area contributed by atoms with Gasteiger partial charge in [-0.25, -0.2) is 4.79 Å². The van der Waals surface area contributed by atoms with Crippen LogP contribution in [-0.4, -0.2) is 30.9 Å². The third-order valence-corrected chi connectivity index (χ3v) is 3.32. The van der Waals surface area contributed by atoms with Gasteiger partial charge in [-0.1, -0.05) is 6.92 Å². The molecule has 6 heteroatoms. The van der Waals surface area contributed by atoms with E-state index in [0.717, 1.165) is 6.42 Å². The molecule has 0 aliphatic heterocycles. The topological polar surface area (TPSA) is 84.5 Å².